The first-order valence-electron chi connectivity index (χ1n) is 11.8. The van der Waals surface area contributed by atoms with Crippen molar-refractivity contribution in [1.29, 1.82) is 0 Å². The van der Waals surface area contributed by atoms with Crippen molar-refractivity contribution >= 4 is 49.0 Å². The maximum Gasteiger partial charge on any atom is 0.282 e. The molecule has 0 N–H and O–H groups in total. The second-order valence-electron chi connectivity index (χ2n) is 8.75. The normalized spacial score (nSPS) is 14.6. The summed E-state index contributed by atoms with van der Waals surface area (Å²) in [5, 5.41) is 5.24. The quantitative estimate of drug-likeness (QED) is 0.218. The van der Waals surface area contributed by atoms with Crippen LogP contribution >= 0.6 is 31.9 Å². The number of para-hydroxylation sites is 2. The first-order valence-corrected chi connectivity index (χ1v) is 13.4. The van der Waals surface area contributed by atoms with Crippen LogP contribution in [0.25, 0.3) is 10.9 Å². The molecule has 178 valence electrons. The third kappa shape index (κ3) is 5.41. The summed E-state index contributed by atoms with van der Waals surface area (Å²) in [7, 11) is 0. The molecule has 0 bridgehead atoms. The Hall–Kier alpha value is -2.77. The molecule has 5 rings (SSSR count). The molecule has 0 aliphatic heterocycles. The van der Waals surface area contributed by atoms with E-state index in [1.54, 1.807) is 6.21 Å². The fourth-order valence-electron chi connectivity index (χ4n) is 4.51. The summed E-state index contributed by atoms with van der Waals surface area (Å²) in [6.45, 7) is 0.406. The number of hydrogen-bond donors (Lipinski definition) is 0. The second kappa shape index (κ2) is 10.9. The highest BCUT2D eigenvalue weighted by Crippen LogP contribution is 2.32. The van der Waals surface area contributed by atoms with Crippen molar-refractivity contribution < 1.29 is 4.74 Å². The Balaban J connectivity index is 1.49. The molecule has 1 saturated carbocycles. The van der Waals surface area contributed by atoms with Crippen molar-refractivity contribution in [2.75, 3.05) is 0 Å². The zero-order valence-corrected chi connectivity index (χ0v) is 22.3. The van der Waals surface area contributed by atoms with E-state index in [9.17, 15) is 4.79 Å². The second-order valence-corrected chi connectivity index (χ2v) is 10.5. The molecular weight excluding hydrogens is 570 g/mol. The Morgan fingerprint density at radius 1 is 1.00 bits per heavy atom. The van der Waals surface area contributed by atoms with E-state index in [2.05, 4.69) is 37.0 Å². The summed E-state index contributed by atoms with van der Waals surface area (Å²) in [6.07, 6.45) is 7.30. The summed E-state index contributed by atoms with van der Waals surface area (Å²) in [4.78, 5) is 18.3. The fraction of sp³-hybridized carbons (Fsp3) is 0.250. The lowest BCUT2D eigenvalue weighted by molar-refractivity contribution is 0.305. The zero-order valence-electron chi connectivity index (χ0n) is 19.2. The van der Waals surface area contributed by atoms with E-state index >= 15 is 0 Å². The molecule has 1 fully saturated rings. The first kappa shape index (κ1) is 23.9. The Morgan fingerprint density at radius 2 is 1.77 bits per heavy atom. The summed E-state index contributed by atoms with van der Waals surface area (Å²) in [5.74, 6) is 1.69. The van der Waals surface area contributed by atoms with Gasteiger partial charge in [-0.25, -0.2) is 4.98 Å². The SMILES string of the molecule is O=c1c2ccccc2nc(C2CCCCC2)n1N=Cc1ccccc1OCc1ccc(Br)cc1Br. The third-order valence-corrected chi connectivity index (χ3v) is 7.61. The Labute approximate surface area is 221 Å². The smallest absolute Gasteiger partial charge is 0.282 e. The highest BCUT2D eigenvalue weighted by Gasteiger charge is 2.22. The molecule has 7 heteroatoms. The van der Waals surface area contributed by atoms with Gasteiger partial charge >= 0.3 is 0 Å². The molecule has 4 aromatic rings. The van der Waals surface area contributed by atoms with Gasteiger partial charge in [-0.15, -0.1) is 0 Å². The maximum atomic E-state index is 13.4. The predicted octanol–water partition coefficient (Wildman–Crippen LogP) is 7.43. The van der Waals surface area contributed by atoms with Gasteiger partial charge in [0.15, 0.2) is 0 Å². The molecule has 1 heterocycles. The minimum absolute atomic E-state index is 0.135. The lowest BCUT2D eigenvalue weighted by atomic mass is 9.88. The van der Waals surface area contributed by atoms with Crippen LogP contribution < -0.4 is 10.3 Å². The summed E-state index contributed by atoms with van der Waals surface area (Å²) < 4.78 is 9.62. The van der Waals surface area contributed by atoms with Crippen molar-refractivity contribution in [3.05, 3.63) is 103 Å². The van der Waals surface area contributed by atoms with Crippen LogP contribution in [-0.4, -0.2) is 15.9 Å². The van der Waals surface area contributed by atoms with E-state index < -0.39 is 0 Å². The van der Waals surface area contributed by atoms with E-state index in [1.165, 1.54) is 11.1 Å². The van der Waals surface area contributed by atoms with Gasteiger partial charge in [0, 0.05) is 26.0 Å². The fourth-order valence-corrected chi connectivity index (χ4v) is 5.67. The molecule has 3 aromatic carbocycles. The highest BCUT2D eigenvalue weighted by atomic mass is 79.9. The van der Waals surface area contributed by atoms with E-state index in [1.807, 2.05) is 66.7 Å². The van der Waals surface area contributed by atoms with Crippen molar-refractivity contribution in [2.24, 2.45) is 5.10 Å². The highest BCUT2D eigenvalue weighted by molar-refractivity contribution is 9.11. The average Bonchev–Trinajstić information content (AvgIpc) is 2.88. The van der Waals surface area contributed by atoms with Gasteiger partial charge in [-0.05, 0) is 49.2 Å². The van der Waals surface area contributed by atoms with Crippen LogP contribution in [0.5, 0.6) is 5.75 Å². The van der Waals surface area contributed by atoms with Gasteiger partial charge in [0.2, 0.25) is 0 Å². The van der Waals surface area contributed by atoms with Crippen LogP contribution in [0.1, 0.15) is 55.0 Å². The molecule has 1 aliphatic carbocycles. The molecular formula is C28H25Br2N3O2. The van der Waals surface area contributed by atoms with Crippen LogP contribution in [0.2, 0.25) is 0 Å². The van der Waals surface area contributed by atoms with Gasteiger partial charge in [-0.2, -0.15) is 9.78 Å². The van der Waals surface area contributed by atoms with Crippen molar-refractivity contribution in [2.45, 2.75) is 44.6 Å². The number of benzene rings is 3. The molecule has 1 aliphatic rings. The van der Waals surface area contributed by atoms with E-state index in [4.69, 9.17) is 9.72 Å². The van der Waals surface area contributed by atoms with Gasteiger partial charge in [0.1, 0.15) is 18.2 Å². The predicted molar refractivity (Wildman–Crippen MR) is 147 cm³/mol. The van der Waals surface area contributed by atoms with Gasteiger partial charge in [0.05, 0.1) is 17.1 Å². The number of ether oxygens (including phenoxy) is 1. The molecule has 35 heavy (non-hydrogen) atoms. The van der Waals surface area contributed by atoms with Crippen LogP contribution in [0, 0.1) is 0 Å². The van der Waals surface area contributed by atoms with Crippen molar-refractivity contribution in [3.63, 3.8) is 0 Å². The average molecular weight is 595 g/mol. The van der Waals surface area contributed by atoms with Crippen molar-refractivity contribution in [3.8, 4) is 5.75 Å². The van der Waals surface area contributed by atoms with Gasteiger partial charge in [-0.3, -0.25) is 4.79 Å². The number of hydrogen-bond acceptors (Lipinski definition) is 4. The minimum atomic E-state index is -0.135. The van der Waals surface area contributed by atoms with E-state index in [-0.39, 0.29) is 11.5 Å². The topological polar surface area (TPSA) is 56.5 Å². The minimum Gasteiger partial charge on any atom is -0.488 e. The molecule has 0 amide bonds. The Bertz CT molecular complexity index is 1440. The van der Waals surface area contributed by atoms with Gasteiger partial charge in [-0.1, -0.05) is 81.5 Å². The molecule has 0 saturated heterocycles. The van der Waals surface area contributed by atoms with Crippen LogP contribution in [-0.2, 0) is 6.61 Å². The molecule has 0 unspecified atom stereocenters. The number of aromatic nitrogens is 2. The lowest BCUT2D eigenvalue weighted by Gasteiger charge is -2.22. The van der Waals surface area contributed by atoms with Gasteiger partial charge in [0.25, 0.3) is 5.56 Å². The lowest BCUT2D eigenvalue weighted by Crippen LogP contribution is -2.25. The molecule has 5 nitrogen and oxygen atoms in total. The monoisotopic (exact) mass is 593 g/mol. The summed E-state index contributed by atoms with van der Waals surface area (Å²) >= 11 is 7.07. The number of nitrogens with zero attached hydrogens (tertiary/aromatic N) is 3. The van der Waals surface area contributed by atoms with Crippen LogP contribution in [0.3, 0.4) is 0 Å². The number of fused-ring (bicyclic) bond motifs is 1. The standard InChI is InChI=1S/C28H25Br2N3O2/c29-22-15-14-21(24(30)16-22)18-35-26-13-7-4-10-20(26)17-31-33-27(19-8-2-1-3-9-19)32-25-12-6-5-11-23(25)28(33)34/h4-7,10-17,19H,1-3,8-9,18H2. The molecule has 0 atom stereocenters. The third-order valence-electron chi connectivity index (χ3n) is 6.38. The summed E-state index contributed by atoms with van der Waals surface area (Å²) in [5.41, 5.74) is 2.43. The largest absolute Gasteiger partial charge is 0.488 e. The van der Waals surface area contributed by atoms with Crippen molar-refractivity contribution in [1.82, 2.24) is 9.66 Å². The summed E-state index contributed by atoms with van der Waals surface area (Å²) in [6, 6.07) is 21.2. The molecule has 1 aromatic heterocycles. The zero-order chi connectivity index (χ0) is 24.2. The number of halogens is 2. The van der Waals surface area contributed by atoms with E-state index in [0.29, 0.717) is 17.7 Å². The Morgan fingerprint density at radius 3 is 2.60 bits per heavy atom. The first-order chi connectivity index (χ1) is 17.1. The van der Waals surface area contributed by atoms with Gasteiger partial charge < -0.3 is 4.74 Å². The van der Waals surface area contributed by atoms with Crippen LogP contribution in [0.15, 0.2) is 85.6 Å². The Kier molecular flexibility index (Phi) is 7.44. The molecule has 0 spiro atoms. The number of rotatable bonds is 6. The van der Waals surface area contributed by atoms with Crippen LogP contribution in [0.4, 0.5) is 0 Å². The molecule has 0 radical (unpaired) electrons. The van der Waals surface area contributed by atoms with E-state index in [0.717, 1.165) is 57.1 Å². The maximum absolute atomic E-state index is 13.4.